The van der Waals surface area contributed by atoms with Crippen LogP contribution in [0.5, 0.6) is 0 Å². The second-order valence-corrected chi connectivity index (χ2v) is 5.90. The van der Waals surface area contributed by atoms with Crippen LogP contribution in [0.25, 0.3) is 0 Å². The van der Waals surface area contributed by atoms with E-state index < -0.39 is 0 Å². The second-order valence-electron chi connectivity index (χ2n) is 5.27. The molecule has 1 fully saturated rings. The van der Waals surface area contributed by atoms with E-state index in [1.54, 1.807) is 0 Å². The van der Waals surface area contributed by atoms with Gasteiger partial charge in [0, 0.05) is 31.6 Å². The Balaban J connectivity index is 1.94. The lowest BCUT2D eigenvalue weighted by atomic mass is 10.2. The number of likely N-dealkylation sites (N-methyl/N-ethyl adjacent to an activating group) is 1. The maximum atomic E-state index is 5.99. The zero-order valence-corrected chi connectivity index (χ0v) is 14.8. The summed E-state index contributed by atoms with van der Waals surface area (Å²) >= 11 is 1.92. The Bertz CT molecular complexity index is 410. The lowest BCUT2D eigenvalue weighted by Crippen LogP contribution is -2.34. The van der Waals surface area contributed by atoms with Crippen LogP contribution in [0.15, 0.2) is 12.4 Å². The van der Waals surface area contributed by atoms with Gasteiger partial charge in [-0.05, 0) is 33.2 Å². The van der Waals surface area contributed by atoms with Crippen LogP contribution in [-0.2, 0) is 19.1 Å². The van der Waals surface area contributed by atoms with Crippen LogP contribution < -0.4 is 5.32 Å². The largest absolute Gasteiger partial charge is 0.353 e. The van der Waals surface area contributed by atoms with Crippen LogP contribution in [0.2, 0.25) is 0 Å². The molecular weight excluding hydrogens is 385 g/mol. The smallest absolute Gasteiger partial charge is 0.158 e. The van der Waals surface area contributed by atoms with Gasteiger partial charge in [-0.2, -0.15) is 0 Å². The third-order valence-corrected chi connectivity index (χ3v) is 4.05. The highest BCUT2D eigenvalue weighted by Gasteiger charge is 2.21. The van der Waals surface area contributed by atoms with Crippen LogP contribution in [0, 0.1) is 0 Å². The quantitative estimate of drug-likeness (QED) is 0.669. The molecule has 2 rings (SSSR count). The minimum atomic E-state index is -0.100. The number of hydrogen-bond acceptors (Lipinski definition) is 5. The molecule has 0 radical (unpaired) electrons. The summed E-state index contributed by atoms with van der Waals surface area (Å²) in [5, 5.41) is 3.24. The number of hydrogen-bond donors (Lipinski definition) is 1. The van der Waals surface area contributed by atoms with Gasteiger partial charge in [-0.3, -0.25) is 0 Å². The van der Waals surface area contributed by atoms with E-state index in [0.29, 0.717) is 6.61 Å². The van der Waals surface area contributed by atoms with Gasteiger partial charge in [0.2, 0.25) is 0 Å². The fraction of sp³-hybridized carbons (Fsp3) is 0.786. The summed E-state index contributed by atoms with van der Waals surface area (Å²) in [6, 6.07) is 0.244. The molecule has 0 bridgehead atoms. The van der Waals surface area contributed by atoms with Crippen molar-refractivity contribution in [2.45, 2.75) is 51.2 Å². The van der Waals surface area contributed by atoms with Gasteiger partial charge in [0.1, 0.15) is 34.9 Å². The van der Waals surface area contributed by atoms with E-state index in [-0.39, 0.29) is 18.4 Å². The minimum Gasteiger partial charge on any atom is -0.353 e. The van der Waals surface area contributed by atoms with Crippen molar-refractivity contribution < 1.29 is 12.5 Å². The Labute approximate surface area is 140 Å². The van der Waals surface area contributed by atoms with Crippen molar-refractivity contribution in [3.05, 3.63) is 18.2 Å². The maximum absolute atomic E-state index is 5.99. The molecule has 1 N–H and O–H groups in total. The average Bonchev–Trinajstić information content (AvgIpc) is 2.96. The molecule has 0 aromatic carbocycles. The van der Waals surface area contributed by atoms with E-state index in [0.717, 1.165) is 31.8 Å². The molecule has 21 heavy (non-hydrogen) atoms. The fourth-order valence-corrected chi connectivity index (χ4v) is 2.92. The Morgan fingerprint density at radius 1 is 1.57 bits per heavy atom. The van der Waals surface area contributed by atoms with Crippen LogP contribution in [-0.4, -0.2) is 42.1 Å². The highest BCUT2D eigenvalue weighted by Crippen LogP contribution is 2.22. The van der Waals surface area contributed by atoms with E-state index in [9.17, 15) is 0 Å². The first kappa shape index (κ1) is 17.1. The van der Waals surface area contributed by atoms with Crippen molar-refractivity contribution in [1.29, 1.82) is 0 Å². The number of nitrogens with zero attached hydrogens (tertiary/aromatic N) is 2. The normalized spacial score (nSPS) is 22.1. The number of halogens is 1. The molecule has 0 amide bonds. The van der Waals surface area contributed by atoms with Gasteiger partial charge in [-0.15, -0.1) is 0 Å². The van der Waals surface area contributed by atoms with E-state index in [4.69, 9.17) is 12.5 Å². The van der Waals surface area contributed by atoms with Crippen molar-refractivity contribution in [3.63, 3.8) is 0 Å². The van der Waals surface area contributed by atoms with E-state index in [2.05, 4.69) is 14.9 Å². The molecule has 1 aromatic rings. The monoisotopic (exact) mass is 409 g/mol. The Morgan fingerprint density at radius 2 is 2.43 bits per heavy atom. The Kier molecular flexibility index (Phi) is 7.38. The number of aromatic nitrogens is 2. The van der Waals surface area contributed by atoms with Crippen LogP contribution >= 0.6 is 23.0 Å². The standard InChI is InChI=1S/C14H24IN3O3/c1-11(21-13-5-3-4-8-19-13)14-17-6-7-18(14)9-12(16-2)10-20-15/h6-7,11-13,16H,3-5,8-10H2,1-2H3/t11-,12?,13?/m0/s1. The number of rotatable bonds is 8. The van der Waals surface area contributed by atoms with Gasteiger partial charge in [0.25, 0.3) is 0 Å². The third-order valence-electron chi connectivity index (χ3n) is 3.69. The second kappa shape index (κ2) is 9.04. The van der Waals surface area contributed by atoms with Gasteiger partial charge in [0.15, 0.2) is 6.29 Å². The number of imidazole rings is 1. The summed E-state index contributed by atoms with van der Waals surface area (Å²) in [5.74, 6) is 0.929. The first-order valence-electron chi connectivity index (χ1n) is 7.43. The third kappa shape index (κ3) is 5.17. The van der Waals surface area contributed by atoms with Crippen LogP contribution in [0.3, 0.4) is 0 Å². The number of ether oxygens (including phenoxy) is 2. The Hall–Kier alpha value is -0.220. The predicted molar refractivity (Wildman–Crippen MR) is 88.1 cm³/mol. The van der Waals surface area contributed by atoms with Gasteiger partial charge >= 0.3 is 0 Å². The first-order valence-corrected chi connectivity index (χ1v) is 8.31. The van der Waals surface area contributed by atoms with Crippen molar-refractivity contribution >= 4 is 23.0 Å². The van der Waals surface area contributed by atoms with Crippen molar-refractivity contribution in [1.82, 2.24) is 14.9 Å². The minimum absolute atomic E-state index is 0.0823. The number of nitrogens with one attached hydrogen (secondary N) is 1. The van der Waals surface area contributed by atoms with Gasteiger partial charge < -0.3 is 22.4 Å². The molecule has 120 valence electrons. The van der Waals surface area contributed by atoms with Crippen molar-refractivity contribution in [2.24, 2.45) is 0 Å². The molecule has 1 saturated heterocycles. The summed E-state index contributed by atoms with van der Waals surface area (Å²) in [6.07, 6.45) is 6.87. The predicted octanol–water partition coefficient (Wildman–Crippen LogP) is 2.44. The molecular formula is C14H24IN3O3. The van der Waals surface area contributed by atoms with Crippen LogP contribution in [0.1, 0.15) is 38.1 Å². The van der Waals surface area contributed by atoms with Gasteiger partial charge in [-0.1, -0.05) is 0 Å². The molecule has 0 saturated carbocycles. The molecule has 7 heteroatoms. The SMILES string of the molecule is CNC(COI)Cn1ccnc1[C@H](C)OC1CCCCO1. The van der Waals surface area contributed by atoms with E-state index >= 15 is 0 Å². The lowest BCUT2D eigenvalue weighted by Gasteiger charge is -2.26. The molecule has 0 aliphatic carbocycles. The molecule has 1 aromatic heterocycles. The zero-order valence-electron chi connectivity index (χ0n) is 12.6. The molecule has 3 atom stereocenters. The zero-order chi connectivity index (χ0) is 15.1. The summed E-state index contributed by atoms with van der Waals surface area (Å²) < 4.78 is 18.9. The topological polar surface area (TPSA) is 57.5 Å². The summed E-state index contributed by atoms with van der Waals surface area (Å²) in [6.45, 7) is 4.27. The fourth-order valence-electron chi connectivity index (χ4n) is 2.48. The summed E-state index contributed by atoms with van der Waals surface area (Å²) in [5.41, 5.74) is 0. The lowest BCUT2D eigenvalue weighted by molar-refractivity contribution is -0.188. The highest BCUT2D eigenvalue weighted by molar-refractivity contribution is 14.1. The summed E-state index contributed by atoms with van der Waals surface area (Å²) in [4.78, 5) is 4.44. The van der Waals surface area contributed by atoms with E-state index in [1.165, 1.54) is 6.42 Å². The molecule has 1 aliphatic rings. The summed E-state index contributed by atoms with van der Waals surface area (Å²) in [7, 11) is 1.94. The highest BCUT2D eigenvalue weighted by atomic mass is 127. The maximum Gasteiger partial charge on any atom is 0.158 e. The molecule has 2 unspecified atom stereocenters. The average molecular weight is 409 g/mol. The molecule has 2 heterocycles. The first-order chi connectivity index (χ1) is 10.2. The molecule has 6 nitrogen and oxygen atoms in total. The molecule has 0 spiro atoms. The van der Waals surface area contributed by atoms with Gasteiger partial charge in [0.05, 0.1) is 6.61 Å². The molecule has 1 aliphatic heterocycles. The van der Waals surface area contributed by atoms with E-state index in [1.807, 2.05) is 49.4 Å². The Morgan fingerprint density at radius 3 is 3.10 bits per heavy atom. The van der Waals surface area contributed by atoms with Crippen LogP contribution in [0.4, 0.5) is 0 Å². The van der Waals surface area contributed by atoms with Gasteiger partial charge in [-0.25, -0.2) is 4.98 Å². The van der Waals surface area contributed by atoms with Crippen molar-refractivity contribution in [2.75, 3.05) is 20.3 Å². The van der Waals surface area contributed by atoms with Crippen molar-refractivity contribution in [3.8, 4) is 0 Å².